The van der Waals surface area contributed by atoms with E-state index >= 15 is 0 Å². The van der Waals surface area contributed by atoms with Crippen LogP contribution in [-0.2, 0) is 6.61 Å². The molecule has 3 nitrogen and oxygen atoms in total. The molecule has 0 spiro atoms. The van der Waals surface area contributed by atoms with Crippen LogP contribution in [0.5, 0.6) is 0 Å². The molecular weight excluding hydrogens is 210 g/mol. The first kappa shape index (κ1) is 8.74. The molecule has 0 unspecified atom stereocenters. The van der Waals surface area contributed by atoms with Gasteiger partial charge in [0.15, 0.2) is 4.60 Å². The van der Waals surface area contributed by atoms with Crippen LogP contribution < -0.4 is 0 Å². The highest BCUT2D eigenvalue weighted by molar-refractivity contribution is 9.10. The Bertz CT molecular complexity index is 245. The summed E-state index contributed by atoms with van der Waals surface area (Å²) in [5, 5.41) is 12.6. The molecule has 1 aromatic rings. The number of aliphatic hydroxyl groups excluding tert-OH is 1. The molecule has 1 heterocycles. The lowest BCUT2D eigenvalue weighted by atomic mass is 10.1. The van der Waals surface area contributed by atoms with Gasteiger partial charge in [-0.1, -0.05) is 19.0 Å². The monoisotopic (exact) mass is 219 g/mol. The first-order valence-electron chi connectivity index (χ1n) is 3.41. The lowest BCUT2D eigenvalue weighted by Crippen LogP contribution is -1.91. The Labute approximate surface area is 73.5 Å². The summed E-state index contributed by atoms with van der Waals surface area (Å²) >= 11 is 3.18. The standard InChI is InChI=1S/C7H10BrNO2/c1-4(2)6-5(3-10)7(8)9-11-6/h4,10H,3H2,1-2H3. The van der Waals surface area contributed by atoms with Crippen LogP contribution in [0, 0.1) is 0 Å². The highest BCUT2D eigenvalue weighted by Crippen LogP contribution is 2.25. The first-order chi connectivity index (χ1) is 5.16. The molecule has 1 N–H and O–H groups in total. The van der Waals surface area contributed by atoms with Gasteiger partial charge in [0.1, 0.15) is 5.76 Å². The van der Waals surface area contributed by atoms with E-state index < -0.39 is 0 Å². The summed E-state index contributed by atoms with van der Waals surface area (Å²) in [5.74, 6) is 1.01. The van der Waals surface area contributed by atoms with Crippen LogP contribution in [0.4, 0.5) is 0 Å². The minimum absolute atomic E-state index is 0.0302. The Morgan fingerprint density at radius 1 is 1.64 bits per heavy atom. The number of nitrogens with zero attached hydrogens (tertiary/aromatic N) is 1. The minimum Gasteiger partial charge on any atom is -0.391 e. The van der Waals surface area contributed by atoms with Crippen molar-refractivity contribution in [2.75, 3.05) is 0 Å². The van der Waals surface area contributed by atoms with Crippen LogP contribution in [0.1, 0.15) is 31.1 Å². The van der Waals surface area contributed by atoms with E-state index in [1.54, 1.807) is 0 Å². The highest BCUT2D eigenvalue weighted by Gasteiger charge is 2.15. The predicted molar refractivity (Wildman–Crippen MR) is 44.2 cm³/mol. The normalized spacial score (nSPS) is 11.0. The molecule has 0 bridgehead atoms. The molecule has 0 fully saturated rings. The molecule has 0 radical (unpaired) electrons. The second kappa shape index (κ2) is 3.36. The third-order valence-electron chi connectivity index (χ3n) is 1.45. The van der Waals surface area contributed by atoms with Gasteiger partial charge in [-0.15, -0.1) is 0 Å². The second-order valence-corrected chi connectivity index (χ2v) is 3.38. The quantitative estimate of drug-likeness (QED) is 0.829. The van der Waals surface area contributed by atoms with E-state index in [9.17, 15) is 0 Å². The molecule has 1 rings (SSSR count). The van der Waals surface area contributed by atoms with E-state index in [1.165, 1.54) is 0 Å². The van der Waals surface area contributed by atoms with Gasteiger partial charge in [0, 0.05) is 5.92 Å². The Kier molecular flexibility index (Phi) is 2.67. The summed E-state index contributed by atoms with van der Waals surface area (Å²) in [6.07, 6.45) is 0. The van der Waals surface area contributed by atoms with E-state index in [0.717, 1.165) is 11.3 Å². The van der Waals surface area contributed by atoms with Crippen LogP contribution in [0.3, 0.4) is 0 Å². The number of halogens is 1. The molecule has 0 saturated carbocycles. The van der Waals surface area contributed by atoms with E-state index in [2.05, 4.69) is 21.1 Å². The summed E-state index contributed by atoms with van der Waals surface area (Å²) in [4.78, 5) is 0. The van der Waals surface area contributed by atoms with Gasteiger partial charge in [-0.3, -0.25) is 0 Å². The topological polar surface area (TPSA) is 46.3 Å². The van der Waals surface area contributed by atoms with Crippen LogP contribution in [0.15, 0.2) is 9.13 Å². The summed E-state index contributed by atoms with van der Waals surface area (Å²) in [6.45, 7) is 3.95. The lowest BCUT2D eigenvalue weighted by Gasteiger charge is -1.99. The molecular formula is C7H10BrNO2. The lowest BCUT2D eigenvalue weighted by molar-refractivity contribution is 0.275. The molecule has 0 atom stereocenters. The zero-order chi connectivity index (χ0) is 8.43. The Balaban J connectivity index is 3.05. The van der Waals surface area contributed by atoms with Crippen LogP contribution in [0.2, 0.25) is 0 Å². The maximum absolute atomic E-state index is 8.91. The maximum Gasteiger partial charge on any atom is 0.155 e. The molecule has 0 amide bonds. The third-order valence-corrected chi connectivity index (χ3v) is 2.08. The van der Waals surface area contributed by atoms with Gasteiger partial charge in [-0.2, -0.15) is 0 Å². The fourth-order valence-electron chi connectivity index (χ4n) is 0.898. The number of aromatic nitrogens is 1. The number of aliphatic hydroxyl groups is 1. The molecule has 0 saturated heterocycles. The molecule has 0 aromatic carbocycles. The van der Waals surface area contributed by atoms with Gasteiger partial charge < -0.3 is 9.63 Å². The van der Waals surface area contributed by atoms with Crippen molar-refractivity contribution in [2.24, 2.45) is 0 Å². The fourth-order valence-corrected chi connectivity index (χ4v) is 1.29. The molecule has 0 aliphatic carbocycles. The van der Waals surface area contributed by atoms with Gasteiger partial charge in [0.2, 0.25) is 0 Å². The second-order valence-electron chi connectivity index (χ2n) is 2.63. The van der Waals surface area contributed by atoms with Crippen molar-refractivity contribution in [1.82, 2.24) is 5.16 Å². The first-order valence-corrected chi connectivity index (χ1v) is 4.21. The summed E-state index contributed by atoms with van der Waals surface area (Å²) < 4.78 is 5.59. The zero-order valence-electron chi connectivity index (χ0n) is 6.47. The van der Waals surface area contributed by atoms with Gasteiger partial charge in [-0.25, -0.2) is 0 Å². The van der Waals surface area contributed by atoms with Crippen molar-refractivity contribution in [1.29, 1.82) is 0 Å². The van der Waals surface area contributed by atoms with Gasteiger partial charge >= 0.3 is 0 Å². The van der Waals surface area contributed by atoms with Gasteiger partial charge in [0.25, 0.3) is 0 Å². The van der Waals surface area contributed by atoms with E-state index in [0.29, 0.717) is 4.60 Å². The van der Waals surface area contributed by atoms with Crippen LogP contribution in [0.25, 0.3) is 0 Å². The van der Waals surface area contributed by atoms with Crippen molar-refractivity contribution in [3.05, 3.63) is 15.9 Å². The summed E-state index contributed by atoms with van der Waals surface area (Å²) in [7, 11) is 0. The van der Waals surface area contributed by atoms with E-state index in [4.69, 9.17) is 9.63 Å². The zero-order valence-corrected chi connectivity index (χ0v) is 8.05. The average Bonchev–Trinajstić information content (AvgIpc) is 2.30. The van der Waals surface area contributed by atoms with Gasteiger partial charge in [0.05, 0.1) is 12.2 Å². The van der Waals surface area contributed by atoms with Crippen LogP contribution in [-0.4, -0.2) is 10.3 Å². The van der Waals surface area contributed by atoms with Crippen LogP contribution >= 0.6 is 15.9 Å². The van der Waals surface area contributed by atoms with E-state index in [-0.39, 0.29) is 12.5 Å². The van der Waals surface area contributed by atoms with Crippen molar-refractivity contribution >= 4 is 15.9 Å². The molecule has 4 heteroatoms. The van der Waals surface area contributed by atoms with Crippen molar-refractivity contribution in [2.45, 2.75) is 26.4 Å². The molecule has 62 valence electrons. The highest BCUT2D eigenvalue weighted by atomic mass is 79.9. The van der Waals surface area contributed by atoms with Crippen molar-refractivity contribution < 1.29 is 9.63 Å². The van der Waals surface area contributed by atoms with Gasteiger partial charge in [-0.05, 0) is 15.9 Å². The minimum atomic E-state index is -0.0302. The Morgan fingerprint density at radius 2 is 2.27 bits per heavy atom. The Hall–Kier alpha value is -0.350. The number of rotatable bonds is 2. The molecule has 0 aliphatic rings. The molecule has 1 aromatic heterocycles. The smallest absolute Gasteiger partial charge is 0.155 e. The SMILES string of the molecule is CC(C)c1onc(Br)c1CO. The van der Waals surface area contributed by atoms with Crippen molar-refractivity contribution in [3.63, 3.8) is 0 Å². The van der Waals surface area contributed by atoms with Crippen molar-refractivity contribution in [3.8, 4) is 0 Å². The maximum atomic E-state index is 8.91. The fraction of sp³-hybridized carbons (Fsp3) is 0.571. The Morgan fingerprint density at radius 3 is 2.64 bits per heavy atom. The largest absolute Gasteiger partial charge is 0.391 e. The summed E-state index contributed by atoms with van der Waals surface area (Å²) in [5.41, 5.74) is 0.750. The third kappa shape index (κ3) is 1.62. The van der Waals surface area contributed by atoms with E-state index in [1.807, 2.05) is 13.8 Å². The summed E-state index contributed by atoms with van der Waals surface area (Å²) in [6, 6.07) is 0. The molecule has 0 aliphatic heterocycles. The molecule has 11 heavy (non-hydrogen) atoms. The number of hydrogen-bond acceptors (Lipinski definition) is 3. The average molecular weight is 220 g/mol. The predicted octanol–water partition coefficient (Wildman–Crippen LogP) is 2.05. The number of hydrogen-bond donors (Lipinski definition) is 1.